The van der Waals surface area contributed by atoms with E-state index in [1.54, 1.807) is 6.07 Å². The van der Waals surface area contributed by atoms with E-state index in [-0.39, 0.29) is 11.7 Å². The SMILES string of the molecule is CC(C)CCCCC(=O)NCc1cccc(F)c1. The molecule has 0 aliphatic heterocycles. The molecule has 0 saturated carbocycles. The molecule has 0 heterocycles. The minimum Gasteiger partial charge on any atom is -0.352 e. The zero-order valence-electron chi connectivity index (χ0n) is 11.2. The fourth-order valence-electron chi connectivity index (χ4n) is 1.77. The first-order valence-corrected chi connectivity index (χ1v) is 6.59. The Morgan fingerprint density at radius 3 is 2.78 bits per heavy atom. The van der Waals surface area contributed by atoms with Gasteiger partial charge in [0.15, 0.2) is 0 Å². The predicted molar refractivity (Wildman–Crippen MR) is 71.6 cm³/mol. The first kappa shape index (κ1) is 14.7. The standard InChI is InChI=1S/C15H22FNO/c1-12(2)6-3-4-9-15(18)17-11-13-7-5-8-14(16)10-13/h5,7-8,10,12H,3-4,6,9,11H2,1-2H3,(H,17,18). The van der Waals surface area contributed by atoms with E-state index in [1.807, 2.05) is 6.07 Å². The third-order valence-electron chi connectivity index (χ3n) is 2.81. The Labute approximate surface area is 109 Å². The van der Waals surface area contributed by atoms with Crippen molar-refractivity contribution >= 4 is 5.91 Å². The number of carbonyl (C=O) groups is 1. The molecule has 2 nitrogen and oxygen atoms in total. The first-order chi connectivity index (χ1) is 8.58. The van der Waals surface area contributed by atoms with Gasteiger partial charge in [0.2, 0.25) is 5.91 Å². The van der Waals surface area contributed by atoms with Crippen LogP contribution in [-0.2, 0) is 11.3 Å². The van der Waals surface area contributed by atoms with E-state index in [4.69, 9.17) is 0 Å². The molecule has 1 N–H and O–H groups in total. The highest BCUT2D eigenvalue weighted by molar-refractivity contribution is 5.75. The maximum Gasteiger partial charge on any atom is 0.220 e. The third-order valence-corrected chi connectivity index (χ3v) is 2.81. The zero-order valence-corrected chi connectivity index (χ0v) is 11.2. The molecule has 0 fully saturated rings. The average molecular weight is 251 g/mol. The summed E-state index contributed by atoms with van der Waals surface area (Å²) < 4.78 is 12.9. The molecule has 1 amide bonds. The Kier molecular flexibility index (Phi) is 6.40. The van der Waals surface area contributed by atoms with Crippen LogP contribution in [0.25, 0.3) is 0 Å². The van der Waals surface area contributed by atoms with Crippen LogP contribution < -0.4 is 5.32 Å². The van der Waals surface area contributed by atoms with Gasteiger partial charge in [-0.2, -0.15) is 0 Å². The molecular weight excluding hydrogens is 229 g/mol. The van der Waals surface area contributed by atoms with Gasteiger partial charge in [-0.25, -0.2) is 4.39 Å². The Balaban J connectivity index is 2.17. The van der Waals surface area contributed by atoms with E-state index in [1.165, 1.54) is 12.1 Å². The number of halogens is 1. The van der Waals surface area contributed by atoms with Crippen molar-refractivity contribution < 1.29 is 9.18 Å². The summed E-state index contributed by atoms with van der Waals surface area (Å²) in [6.07, 6.45) is 3.73. The van der Waals surface area contributed by atoms with Gasteiger partial charge in [0.25, 0.3) is 0 Å². The lowest BCUT2D eigenvalue weighted by Crippen LogP contribution is -2.22. The van der Waals surface area contributed by atoms with Crippen LogP contribution in [0.1, 0.15) is 45.1 Å². The molecule has 1 aromatic rings. The van der Waals surface area contributed by atoms with Crippen molar-refractivity contribution in [3.8, 4) is 0 Å². The highest BCUT2D eigenvalue weighted by Gasteiger charge is 2.02. The predicted octanol–water partition coefficient (Wildman–Crippen LogP) is 3.66. The minimum absolute atomic E-state index is 0.0445. The maximum absolute atomic E-state index is 12.9. The van der Waals surface area contributed by atoms with Crippen molar-refractivity contribution in [3.63, 3.8) is 0 Å². The van der Waals surface area contributed by atoms with Crippen LogP contribution in [-0.4, -0.2) is 5.91 Å². The van der Waals surface area contributed by atoms with Crippen molar-refractivity contribution in [1.29, 1.82) is 0 Å². The van der Waals surface area contributed by atoms with E-state index < -0.39 is 0 Å². The van der Waals surface area contributed by atoms with Gasteiger partial charge in [-0.1, -0.05) is 38.8 Å². The number of rotatable bonds is 7. The summed E-state index contributed by atoms with van der Waals surface area (Å²) in [6.45, 7) is 4.77. The summed E-state index contributed by atoms with van der Waals surface area (Å²) in [4.78, 5) is 11.5. The molecule has 0 unspecified atom stereocenters. The van der Waals surface area contributed by atoms with E-state index in [0.717, 1.165) is 24.8 Å². The molecule has 0 atom stereocenters. The summed E-state index contributed by atoms with van der Waals surface area (Å²) in [5, 5.41) is 2.81. The lowest BCUT2D eigenvalue weighted by Gasteiger charge is -2.06. The summed E-state index contributed by atoms with van der Waals surface area (Å²) in [7, 11) is 0. The highest BCUT2D eigenvalue weighted by Crippen LogP contribution is 2.08. The smallest absolute Gasteiger partial charge is 0.220 e. The molecule has 100 valence electrons. The quantitative estimate of drug-likeness (QED) is 0.736. The van der Waals surface area contributed by atoms with Crippen LogP contribution in [0.5, 0.6) is 0 Å². The second kappa shape index (κ2) is 7.85. The Bertz CT molecular complexity index is 377. The largest absolute Gasteiger partial charge is 0.352 e. The van der Waals surface area contributed by atoms with Crippen molar-refractivity contribution in [3.05, 3.63) is 35.6 Å². The van der Waals surface area contributed by atoms with Gasteiger partial charge in [0.05, 0.1) is 0 Å². The van der Waals surface area contributed by atoms with Crippen LogP contribution in [0.4, 0.5) is 4.39 Å². The van der Waals surface area contributed by atoms with Crippen molar-refractivity contribution in [1.82, 2.24) is 5.32 Å². The summed E-state index contributed by atoms with van der Waals surface area (Å²) in [5.41, 5.74) is 0.797. The van der Waals surface area contributed by atoms with E-state index >= 15 is 0 Å². The molecule has 0 aliphatic rings. The normalized spacial score (nSPS) is 10.7. The Hall–Kier alpha value is -1.38. The topological polar surface area (TPSA) is 29.1 Å². The second-order valence-electron chi connectivity index (χ2n) is 5.05. The van der Waals surface area contributed by atoms with Gasteiger partial charge >= 0.3 is 0 Å². The fourth-order valence-corrected chi connectivity index (χ4v) is 1.77. The average Bonchev–Trinajstić information content (AvgIpc) is 2.32. The monoisotopic (exact) mass is 251 g/mol. The molecule has 1 rings (SSSR count). The molecule has 0 spiro atoms. The number of nitrogens with one attached hydrogen (secondary N) is 1. The molecule has 0 radical (unpaired) electrons. The van der Waals surface area contributed by atoms with E-state index in [0.29, 0.717) is 18.9 Å². The number of benzene rings is 1. The van der Waals surface area contributed by atoms with Crippen molar-refractivity contribution in [2.24, 2.45) is 5.92 Å². The molecular formula is C15H22FNO. The molecule has 0 aromatic heterocycles. The summed E-state index contributed by atoms with van der Waals surface area (Å²) >= 11 is 0. The Morgan fingerprint density at radius 2 is 2.11 bits per heavy atom. The fraction of sp³-hybridized carbons (Fsp3) is 0.533. The molecule has 0 saturated heterocycles. The Morgan fingerprint density at radius 1 is 1.33 bits per heavy atom. The minimum atomic E-state index is -0.265. The number of amides is 1. The van der Waals surface area contributed by atoms with Crippen LogP contribution >= 0.6 is 0 Å². The molecule has 18 heavy (non-hydrogen) atoms. The molecule has 0 bridgehead atoms. The van der Waals surface area contributed by atoms with Gasteiger partial charge in [-0.3, -0.25) is 4.79 Å². The van der Waals surface area contributed by atoms with Crippen LogP contribution in [0.2, 0.25) is 0 Å². The zero-order chi connectivity index (χ0) is 13.4. The summed E-state index contributed by atoms with van der Waals surface area (Å²) in [6, 6.07) is 6.30. The number of unbranched alkanes of at least 4 members (excludes halogenated alkanes) is 1. The van der Waals surface area contributed by atoms with Crippen LogP contribution in [0.3, 0.4) is 0 Å². The van der Waals surface area contributed by atoms with Crippen molar-refractivity contribution in [2.45, 2.75) is 46.1 Å². The van der Waals surface area contributed by atoms with Gasteiger partial charge in [-0.05, 0) is 30.0 Å². The first-order valence-electron chi connectivity index (χ1n) is 6.59. The second-order valence-corrected chi connectivity index (χ2v) is 5.05. The van der Waals surface area contributed by atoms with Gasteiger partial charge in [-0.15, -0.1) is 0 Å². The third kappa shape index (κ3) is 6.38. The van der Waals surface area contributed by atoms with E-state index in [9.17, 15) is 9.18 Å². The van der Waals surface area contributed by atoms with Crippen molar-refractivity contribution in [2.75, 3.05) is 0 Å². The van der Waals surface area contributed by atoms with Crippen LogP contribution in [0.15, 0.2) is 24.3 Å². The molecule has 3 heteroatoms. The molecule has 1 aromatic carbocycles. The van der Waals surface area contributed by atoms with E-state index in [2.05, 4.69) is 19.2 Å². The van der Waals surface area contributed by atoms with Gasteiger partial charge in [0.1, 0.15) is 5.82 Å². The maximum atomic E-state index is 12.9. The highest BCUT2D eigenvalue weighted by atomic mass is 19.1. The number of hydrogen-bond acceptors (Lipinski definition) is 1. The summed E-state index contributed by atoms with van der Waals surface area (Å²) in [5.74, 6) is 0.474. The number of hydrogen-bond donors (Lipinski definition) is 1. The lowest BCUT2D eigenvalue weighted by atomic mass is 10.1. The van der Waals surface area contributed by atoms with Crippen LogP contribution in [0, 0.1) is 11.7 Å². The van der Waals surface area contributed by atoms with Gasteiger partial charge in [0, 0.05) is 13.0 Å². The number of carbonyl (C=O) groups excluding carboxylic acids is 1. The molecule has 0 aliphatic carbocycles. The lowest BCUT2D eigenvalue weighted by molar-refractivity contribution is -0.121. The van der Waals surface area contributed by atoms with Gasteiger partial charge < -0.3 is 5.32 Å².